The Kier molecular flexibility index (Phi) is 3.57. The SMILES string of the molecule is CN(C)CCc1noc(-c2ccc(N)cc2F)n1. The van der Waals surface area contributed by atoms with Crippen molar-refractivity contribution in [3.8, 4) is 11.5 Å². The first-order chi connectivity index (χ1) is 8.56. The smallest absolute Gasteiger partial charge is 0.260 e. The van der Waals surface area contributed by atoms with Crippen molar-refractivity contribution < 1.29 is 8.91 Å². The van der Waals surface area contributed by atoms with Gasteiger partial charge in [0.15, 0.2) is 5.82 Å². The molecule has 1 aromatic heterocycles. The standard InChI is InChI=1S/C12H15FN4O/c1-17(2)6-5-11-15-12(18-16-11)9-4-3-8(14)7-10(9)13/h3-4,7H,5-6,14H2,1-2H3. The van der Waals surface area contributed by atoms with Crippen molar-refractivity contribution in [3.63, 3.8) is 0 Å². The van der Waals surface area contributed by atoms with Crippen molar-refractivity contribution >= 4 is 5.69 Å². The van der Waals surface area contributed by atoms with Crippen molar-refractivity contribution in [2.45, 2.75) is 6.42 Å². The van der Waals surface area contributed by atoms with Gasteiger partial charge in [0.1, 0.15) is 5.82 Å². The second kappa shape index (κ2) is 5.14. The molecule has 0 aliphatic rings. The predicted molar refractivity (Wildman–Crippen MR) is 66.4 cm³/mol. The van der Waals surface area contributed by atoms with Crippen molar-refractivity contribution in [2.75, 3.05) is 26.4 Å². The summed E-state index contributed by atoms with van der Waals surface area (Å²) in [7, 11) is 3.92. The van der Waals surface area contributed by atoms with Crippen LogP contribution >= 0.6 is 0 Å². The Hall–Kier alpha value is -1.95. The highest BCUT2D eigenvalue weighted by molar-refractivity contribution is 5.58. The Morgan fingerprint density at radius 1 is 1.39 bits per heavy atom. The van der Waals surface area contributed by atoms with Gasteiger partial charge in [-0.05, 0) is 32.3 Å². The lowest BCUT2D eigenvalue weighted by Gasteiger charge is -2.05. The Bertz CT molecular complexity index is 539. The normalized spacial score (nSPS) is 11.1. The molecule has 18 heavy (non-hydrogen) atoms. The number of nitrogen functional groups attached to an aromatic ring is 1. The number of hydrogen-bond donors (Lipinski definition) is 1. The minimum absolute atomic E-state index is 0.182. The van der Waals surface area contributed by atoms with Gasteiger partial charge in [0, 0.05) is 18.7 Å². The number of nitrogens with two attached hydrogens (primary N) is 1. The topological polar surface area (TPSA) is 68.2 Å². The van der Waals surface area contributed by atoms with Gasteiger partial charge in [-0.3, -0.25) is 0 Å². The Balaban J connectivity index is 2.18. The molecule has 2 rings (SSSR count). The molecule has 2 aromatic rings. The lowest BCUT2D eigenvalue weighted by Crippen LogP contribution is -2.15. The summed E-state index contributed by atoms with van der Waals surface area (Å²) in [6.07, 6.45) is 0.660. The van der Waals surface area contributed by atoms with E-state index in [0.717, 1.165) is 6.54 Å². The molecule has 0 unspecified atom stereocenters. The fourth-order valence-electron chi connectivity index (χ4n) is 1.49. The fourth-order valence-corrected chi connectivity index (χ4v) is 1.49. The molecule has 1 aromatic carbocycles. The molecule has 0 saturated carbocycles. The Morgan fingerprint density at radius 3 is 2.83 bits per heavy atom. The molecule has 0 bridgehead atoms. The molecule has 0 spiro atoms. The number of aromatic nitrogens is 2. The largest absolute Gasteiger partial charge is 0.399 e. The maximum Gasteiger partial charge on any atom is 0.260 e. The number of nitrogens with zero attached hydrogens (tertiary/aromatic N) is 3. The summed E-state index contributed by atoms with van der Waals surface area (Å²) in [5.41, 5.74) is 6.12. The van der Waals surface area contributed by atoms with E-state index in [0.29, 0.717) is 17.9 Å². The van der Waals surface area contributed by atoms with Crippen molar-refractivity contribution in [1.29, 1.82) is 0 Å². The zero-order chi connectivity index (χ0) is 13.1. The molecule has 96 valence electrons. The van der Waals surface area contributed by atoms with E-state index in [1.54, 1.807) is 6.07 Å². The second-order valence-corrected chi connectivity index (χ2v) is 4.31. The van der Waals surface area contributed by atoms with Crippen molar-refractivity contribution in [2.24, 2.45) is 0 Å². The van der Waals surface area contributed by atoms with Gasteiger partial charge in [-0.1, -0.05) is 5.16 Å². The maximum atomic E-state index is 13.6. The van der Waals surface area contributed by atoms with Gasteiger partial charge in [-0.2, -0.15) is 4.98 Å². The van der Waals surface area contributed by atoms with Crippen LogP contribution in [-0.4, -0.2) is 35.7 Å². The highest BCUT2D eigenvalue weighted by Gasteiger charge is 2.13. The number of benzene rings is 1. The summed E-state index contributed by atoms with van der Waals surface area (Å²) in [5, 5.41) is 3.82. The monoisotopic (exact) mass is 250 g/mol. The van der Waals surface area contributed by atoms with E-state index in [2.05, 4.69) is 10.1 Å². The number of anilines is 1. The van der Waals surface area contributed by atoms with Crippen LogP contribution in [0, 0.1) is 5.82 Å². The van der Waals surface area contributed by atoms with E-state index in [9.17, 15) is 4.39 Å². The molecule has 0 aliphatic heterocycles. The first-order valence-electron chi connectivity index (χ1n) is 5.59. The van der Waals surface area contributed by atoms with Gasteiger partial charge in [0.2, 0.25) is 0 Å². The first-order valence-corrected chi connectivity index (χ1v) is 5.59. The predicted octanol–water partition coefficient (Wildman–Crippen LogP) is 1.56. The molecular formula is C12H15FN4O. The van der Waals surface area contributed by atoms with Gasteiger partial charge in [-0.25, -0.2) is 4.39 Å². The van der Waals surface area contributed by atoms with Gasteiger partial charge in [0.25, 0.3) is 5.89 Å². The third-order valence-corrected chi connectivity index (χ3v) is 2.47. The third-order valence-electron chi connectivity index (χ3n) is 2.47. The van der Waals surface area contributed by atoms with Gasteiger partial charge in [-0.15, -0.1) is 0 Å². The highest BCUT2D eigenvalue weighted by Crippen LogP contribution is 2.22. The quantitative estimate of drug-likeness (QED) is 0.834. The van der Waals surface area contributed by atoms with E-state index in [1.807, 2.05) is 19.0 Å². The second-order valence-electron chi connectivity index (χ2n) is 4.31. The fraction of sp³-hybridized carbons (Fsp3) is 0.333. The summed E-state index contributed by atoms with van der Waals surface area (Å²) in [6, 6.07) is 4.37. The molecule has 0 atom stereocenters. The lowest BCUT2D eigenvalue weighted by molar-refractivity contribution is 0.392. The molecule has 1 heterocycles. The van der Waals surface area contributed by atoms with E-state index in [4.69, 9.17) is 10.3 Å². The van der Waals surface area contributed by atoms with Crippen molar-refractivity contribution in [1.82, 2.24) is 15.0 Å². The molecule has 0 amide bonds. The molecule has 0 fully saturated rings. The average Bonchev–Trinajstić information content (AvgIpc) is 2.75. The third kappa shape index (κ3) is 2.84. The van der Waals surface area contributed by atoms with Gasteiger partial charge < -0.3 is 15.2 Å². The molecule has 0 saturated heterocycles. The molecule has 5 nitrogen and oxygen atoms in total. The number of rotatable bonds is 4. The Morgan fingerprint density at radius 2 is 2.17 bits per heavy atom. The first kappa shape index (κ1) is 12.5. The Labute approximate surface area is 104 Å². The van der Waals surface area contributed by atoms with E-state index >= 15 is 0 Å². The van der Waals surface area contributed by atoms with E-state index in [-0.39, 0.29) is 11.5 Å². The summed E-state index contributed by atoms with van der Waals surface area (Å²) in [6.45, 7) is 0.809. The zero-order valence-corrected chi connectivity index (χ0v) is 10.4. The number of likely N-dealkylation sites (N-methyl/N-ethyl adjacent to an activating group) is 1. The van der Waals surface area contributed by atoms with Crippen molar-refractivity contribution in [3.05, 3.63) is 29.8 Å². The summed E-state index contributed by atoms with van der Waals surface area (Å²) in [5.74, 6) is 0.286. The minimum Gasteiger partial charge on any atom is -0.399 e. The van der Waals surface area contributed by atoms with Crippen LogP contribution in [0.15, 0.2) is 22.7 Å². The van der Waals surface area contributed by atoms with Crippen LogP contribution in [0.1, 0.15) is 5.82 Å². The van der Waals surface area contributed by atoms with Crippen LogP contribution in [0.25, 0.3) is 11.5 Å². The van der Waals surface area contributed by atoms with Crippen LogP contribution < -0.4 is 5.73 Å². The zero-order valence-electron chi connectivity index (χ0n) is 10.4. The molecule has 2 N–H and O–H groups in total. The summed E-state index contributed by atoms with van der Waals surface area (Å²) in [4.78, 5) is 6.17. The average molecular weight is 250 g/mol. The number of hydrogen-bond acceptors (Lipinski definition) is 5. The number of halogens is 1. The molecule has 0 radical (unpaired) electrons. The van der Waals surface area contributed by atoms with E-state index in [1.165, 1.54) is 12.1 Å². The van der Waals surface area contributed by atoms with Crippen LogP contribution in [0.5, 0.6) is 0 Å². The van der Waals surface area contributed by atoms with Gasteiger partial charge in [0.05, 0.1) is 5.56 Å². The van der Waals surface area contributed by atoms with E-state index < -0.39 is 5.82 Å². The highest BCUT2D eigenvalue weighted by atomic mass is 19.1. The maximum absolute atomic E-state index is 13.6. The minimum atomic E-state index is -0.460. The van der Waals surface area contributed by atoms with Crippen LogP contribution in [-0.2, 0) is 6.42 Å². The summed E-state index contributed by atoms with van der Waals surface area (Å²) < 4.78 is 18.7. The molecular weight excluding hydrogens is 235 g/mol. The van der Waals surface area contributed by atoms with Gasteiger partial charge >= 0.3 is 0 Å². The van der Waals surface area contributed by atoms with Crippen LogP contribution in [0.3, 0.4) is 0 Å². The van der Waals surface area contributed by atoms with Crippen LogP contribution in [0.2, 0.25) is 0 Å². The lowest BCUT2D eigenvalue weighted by atomic mass is 10.2. The molecule has 6 heteroatoms. The molecule has 0 aliphatic carbocycles. The van der Waals surface area contributed by atoms with Crippen LogP contribution in [0.4, 0.5) is 10.1 Å². The summed E-state index contributed by atoms with van der Waals surface area (Å²) >= 11 is 0.